The molecule has 3 heteroatoms. The molecule has 2 nitrogen and oxygen atoms in total. The average molecular weight is 227 g/mol. The smallest absolute Gasteiger partial charge is 0.0615 e. The molecule has 1 saturated heterocycles. The SMILES string of the molecule is O[C@@H]1CCOC[C@@H]1Cc1ccccc1Cl. The first-order valence-corrected chi connectivity index (χ1v) is 5.64. The van der Waals surface area contributed by atoms with Crippen LogP contribution in [0.15, 0.2) is 24.3 Å². The van der Waals surface area contributed by atoms with Gasteiger partial charge in [-0.25, -0.2) is 0 Å². The van der Waals surface area contributed by atoms with Crippen LogP contribution in [0.25, 0.3) is 0 Å². The van der Waals surface area contributed by atoms with Crippen LogP contribution in [-0.4, -0.2) is 24.4 Å². The molecule has 0 saturated carbocycles. The van der Waals surface area contributed by atoms with Gasteiger partial charge in [0, 0.05) is 17.5 Å². The normalized spacial score (nSPS) is 26.5. The van der Waals surface area contributed by atoms with Gasteiger partial charge < -0.3 is 9.84 Å². The highest BCUT2D eigenvalue weighted by molar-refractivity contribution is 6.31. The minimum absolute atomic E-state index is 0.179. The van der Waals surface area contributed by atoms with Crippen LogP contribution in [0.2, 0.25) is 5.02 Å². The van der Waals surface area contributed by atoms with E-state index in [0.717, 1.165) is 23.4 Å². The van der Waals surface area contributed by atoms with Crippen LogP contribution < -0.4 is 0 Å². The Kier molecular flexibility index (Phi) is 3.62. The van der Waals surface area contributed by atoms with Crippen molar-refractivity contribution in [2.24, 2.45) is 5.92 Å². The van der Waals surface area contributed by atoms with E-state index in [4.69, 9.17) is 16.3 Å². The summed E-state index contributed by atoms with van der Waals surface area (Å²) >= 11 is 6.07. The Labute approximate surface area is 94.8 Å². The van der Waals surface area contributed by atoms with Gasteiger partial charge in [0.2, 0.25) is 0 Å². The zero-order chi connectivity index (χ0) is 10.7. The van der Waals surface area contributed by atoms with Crippen molar-refractivity contribution >= 4 is 11.6 Å². The zero-order valence-electron chi connectivity index (χ0n) is 8.53. The maximum atomic E-state index is 9.80. The number of hydrogen-bond acceptors (Lipinski definition) is 2. The molecule has 82 valence electrons. The van der Waals surface area contributed by atoms with Gasteiger partial charge in [0.1, 0.15) is 0 Å². The molecule has 0 aliphatic carbocycles. The van der Waals surface area contributed by atoms with Crippen molar-refractivity contribution in [1.82, 2.24) is 0 Å². The lowest BCUT2D eigenvalue weighted by Gasteiger charge is -2.27. The minimum atomic E-state index is -0.255. The second kappa shape index (κ2) is 4.97. The largest absolute Gasteiger partial charge is 0.393 e. The third kappa shape index (κ3) is 2.71. The van der Waals surface area contributed by atoms with Gasteiger partial charge in [0.05, 0.1) is 12.7 Å². The maximum absolute atomic E-state index is 9.80. The fourth-order valence-electron chi connectivity index (χ4n) is 1.93. The van der Waals surface area contributed by atoms with Gasteiger partial charge in [-0.05, 0) is 24.5 Å². The van der Waals surface area contributed by atoms with Crippen molar-refractivity contribution < 1.29 is 9.84 Å². The molecule has 15 heavy (non-hydrogen) atoms. The summed E-state index contributed by atoms with van der Waals surface area (Å²) < 4.78 is 5.36. The Morgan fingerprint density at radius 3 is 2.93 bits per heavy atom. The van der Waals surface area contributed by atoms with E-state index in [1.807, 2.05) is 24.3 Å². The Hall–Kier alpha value is -0.570. The lowest BCUT2D eigenvalue weighted by atomic mass is 9.91. The van der Waals surface area contributed by atoms with Gasteiger partial charge in [-0.2, -0.15) is 0 Å². The molecule has 0 amide bonds. The molecule has 0 radical (unpaired) electrons. The summed E-state index contributed by atoms with van der Waals surface area (Å²) in [5.41, 5.74) is 1.09. The molecular weight excluding hydrogens is 212 g/mol. The molecule has 1 aromatic rings. The molecule has 1 heterocycles. The molecular formula is C12H15ClO2. The maximum Gasteiger partial charge on any atom is 0.0615 e. The molecule has 1 N–H and O–H groups in total. The number of hydrogen-bond donors (Lipinski definition) is 1. The van der Waals surface area contributed by atoms with Crippen molar-refractivity contribution in [1.29, 1.82) is 0 Å². The van der Waals surface area contributed by atoms with E-state index in [-0.39, 0.29) is 12.0 Å². The average Bonchev–Trinajstić information content (AvgIpc) is 2.24. The minimum Gasteiger partial charge on any atom is -0.393 e. The summed E-state index contributed by atoms with van der Waals surface area (Å²) in [6.45, 7) is 1.30. The van der Waals surface area contributed by atoms with Crippen molar-refractivity contribution in [3.63, 3.8) is 0 Å². The van der Waals surface area contributed by atoms with E-state index in [0.29, 0.717) is 13.2 Å². The summed E-state index contributed by atoms with van der Waals surface area (Å²) in [5, 5.41) is 10.6. The highest BCUT2D eigenvalue weighted by Gasteiger charge is 2.24. The van der Waals surface area contributed by atoms with Gasteiger partial charge in [0.25, 0.3) is 0 Å². The molecule has 1 aliphatic heterocycles. The highest BCUT2D eigenvalue weighted by Crippen LogP contribution is 2.23. The first-order valence-electron chi connectivity index (χ1n) is 5.26. The van der Waals surface area contributed by atoms with Crippen LogP contribution in [0.4, 0.5) is 0 Å². The predicted molar refractivity (Wildman–Crippen MR) is 60.1 cm³/mol. The number of halogens is 1. The molecule has 2 rings (SSSR count). The first kappa shape index (κ1) is 10.9. The van der Waals surface area contributed by atoms with Gasteiger partial charge in [-0.15, -0.1) is 0 Å². The third-order valence-electron chi connectivity index (χ3n) is 2.87. The third-order valence-corrected chi connectivity index (χ3v) is 3.24. The van der Waals surface area contributed by atoms with Gasteiger partial charge in [-0.3, -0.25) is 0 Å². The molecule has 0 unspecified atom stereocenters. The van der Waals surface area contributed by atoms with E-state index in [1.54, 1.807) is 0 Å². The fraction of sp³-hybridized carbons (Fsp3) is 0.500. The van der Waals surface area contributed by atoms with Crippen LogP contribution in [0.1, 0.15) is 12.0 Å². The summed E-state index contributed by atoms with van der Waals surface area (Å²) in [6, 6.07) is 7.77. The number of rotatable bonds is 2. The number of ether oxygens (including phenoxy) is 1. The molecule has 0 bridgehead atoms. The lowest BCUT2D eigenvalue weighted by molar-refractivity contribution is -0.0350. The number of benzene rings is 1. The number of aliphatic hydroxyl groups is 1. The molecule has 0 spiro atoms. The van der Waals surface area contributed by atoms with E-state index in [1.165, 1.54) is 0 Å². The summed E-state index contributed by atoms with van der Waals surface area (Å²) in [4.78, 5) is 0. The van der Waals surface area contributed by atoms with E-state index < -0.39 is 0 Å². The standard InChI is InChI=1S/C12H15ClO2/c13-11-4-2-1-3-9(11)7-10-8-15-6-5-12(10)14/h1-4,10,12,14H,5-8H2/t10-,12+/m0/s1. The molecule has 0 aromatic heterocycles. The Bertz CT molecular complexity index is 327. The van der Waals surface area contributed by atoms with Crippen molar-refractivity contribution in [2.45, 2.75) is 18.9 Å². The van der Waals surface area contributed by atoms with Crippen LogP contribution in [0.5, 0.6) is 0 Å². The second-order valence-corrected chi connectivity index (χ2v) is 4.39. The zero-order valence-corrected chi connectivity index (χ0v) is 9.28. The van der Waals surface area contributed by atoms with Crippen molar-refractivity contribution in [3.8, 4) is 0 Å². The second-order valence-electron chi connectivity index (χ2n) is 3.99. The van der Waals surface area contributed by atoms with Gasteiger partial charge in [-0.1, -0.05) is 29.8 Å². The summed E-state index contributed by atoms with van der Waals surface area (Å²) in [5.74, 6) is 0.179. The monoisotopic (exact) mass is 226 g/mol. The lowest BCUT2D eigenvalue weighted by Crippen LogP contribution is -2.33. The fourth-order valence-corrected chi connectivity index (χ4v) is 2.14. The summed E-state index contributed by atoms with van der Waals surface area (Å²) in [6.07, 6.45) is 1.27. The molecule has 1 aromatic carbocycles. The predicted octanol–water partition coefficient (Wildman–Crippen LogP) is 2.28. The van der Waals surface area contributed by atoms with Crippen LogP contribution >= 0.6 is 11.6 Å². The quantitative estimate of drug-likeness (QED) is 0.839. The van der Waals surface area contributed by atoms with Gasteiger partial charge >= 0.3 is 0 Å². The molecule has 1 fully saturated rings. The Morgan fingerprint density at radius 1 is 1.40 bits per heavy atom. The molecule has 1 aliphatic rings. The van der Waals surface area contributed by atoms with E-state index in [2.05, 4.69) is 0 Å². The van der Waals surface area contributed by atoms with Crippen molar-refractivity contribution in [2.75, 3.05) is 13.2 Å². The highest BCUT2D eigenvalue weighted by atomic mass is 35.5. The Morgan fingerprint density at radius 2 is 2.20 bits per heavy atom. The Balaban J connectivity index is 2.04. The molecule has 2 atom stereocenters. The topological polar surface area (TPSA) is 29.5 Å². The van der Waals surface area contributed by atoms with Crippen LogP contribution in [0, 0.1) is 5.92 Å². The number of aliphatic hydroxyl groups excluding tert-OH is 1. The van der Waals surface area contributed by atoms with Crippen molar-refractivity contribution in [3.05, 3.63) is 34.9 Å². The first-order chi connectivity index (χ1) is 7.27. The van der Waals surface area contributed by atoms with E-state index in [9.17, 15) is 5.11 Å². The van der Waals surface area contributed by atoms with Crippen LogP contribution in [0.3, 0.4) is 0 Å². The van der Waals surface area contributed by atoms with E-state index >= 15 is 0 Å². The van der Waals surface area contributed by atoms with Crippen LogP contribution in [-0.2, 0) is 11.2 Å². The van der Waals surface area contributed by atoms with Gasteiger partial charge in [0.15, 0.2) is 0 Å². The summed E-state index contributed by atoms with van der Waals surface area (Å²) in [7, 11) is 0.